The van der Waals surface area contributed by atoms with E-state index in [2.05, 4.69) is 33.1 Å². The Morgan fingerprint density at radius 2 is 2.10 bits per heavy atom. The quantitative estimate of drug-likeness (QED) is 0.819. The summed E-state index contributed by atoms with van der Waals surface area (Å²) in [5.41, 5.74) is 1.23. The van der Waals surface area contributed by atoms with E-state index in [1.54, 1.807) is 23.5 Å². The van der Waals surface area contributed by atoms with Crippen molar-refractivity contribution in [1.29, 1.82) is 0 Å². The highest BCUT2D eigenvalue weighted by Gasteiger charge is 2.09. The maximum absolute atomic E-state index is 12.2. The summed E-state index contributed by atoms with van der Waals surface area (Å²) in [5.74, 6) is 5.62. The van der Waals surface area contributed by atoms with Crippen LogP contribution < -0.4 is 5.32 Å². The molecule has 0 aliphatic rings. The average molecular weight is 364 g/mol. The van der Waals surface area contributed by atoms with Crippen molar-refractivity contribution in [2.75, 3.05) is 6.61 Å². The molecule has 3 nitrogen and oxygen atoms in total. The average Bonchev–Trinajstić information content (AvgIpc) is 2.91. The van der Waals surface area contributed by atoms with Gasteiger partial charge in [0, 0.05) is 16.9 Å². The van der Waals surface area contributed by atoms with Gasteiger partial charge in [0.15, 0.2) is 0 Å². The lowest BCUT2D eigenvalue weighted by Gasteiger charge is -2.05. The number of hydrogen-bond acceptors (Lipinski definition) is 3. The van der Waals surface area contributed by atoms with Gasteiger partial charge in [0.1, 0.15) is 0 Å². The molecule has 0 radical (unpaired) electrons. The standard InChI is InChI=1S/C16H14BrNO2S/c17-15-9-8-13(21-15)11-18-16(20)14-7-2-1-5-12(14)6-3-4-10-19/h1-2,5,7-9,19H,4,10-11H2,(H,18,20). The third-order valence-electron chi connectivity index (χ3n) is 2.68. The Hall–Kier alpha value is -1.61. The molecule has 1 heterocycles. The van der Waals surface area contributed by atoms with E-state index in [9.17, 15) is 4.79 Å². The van der Waals surface area contributed by atoms with Crippen molar-refractivity contribution in [3.8, 4) is 11.8 Å². The van der Waals surface area contributed by atoms with E-state index in [1.807, 2.05) is 24.3 Å². The summed E-state index contributed by atoms with van der Waals surface area (Å²) in [4.78, 5) is 13.3. The largest absolute Gasteiger partial charge is 0.395 e. The topological polar surface area (TPSA) is 49.3 Å². The van der Waals surface area contributed by atoms with Crippen molar-refractivity contribution >= 4 is 33.2 Å². The van der Waals surface area contributed by atoms with E-state index >= 15 is 0 Å². The predicted octanol–water partition coefficient (Wildman–Crippen LogP) is 3.17. The fraction of sp³-hybridized carbons (Fsp3) is 0.188. The SMILES string of the molecule is O=C(NCc1ccc(Br)s1)c1ccccc1C#CCCO. The van der Waals surface area contributed by atoms with Crippen LogP contribution in [0.15, 0.2) is 40.2 Å². The van der Waals surface area contributed by atoms with Gasteiger partial charge in [-0.05, 0) is 40.2 Å². The number of hydrogen-bond donors (Lipinski definition) is 2. The van der Waals surface area contributed by atoms with E-state index in [1.165, 1.54) is 0 Å². The van der Waals surface area contributed by atoms with Crippen LogP contribution >= 0.6 is 27.3 Å². The number of aliphatic hydroxyl groups excluding tert-OH is 1. The Morgan fingerprint density at radius 1 is 1.29 bits per heavy atom. The number of rotatable bonds is 4. The summed E-state index contributed by atoms with van der Waals surface area (Å²) in [5, 5.41) is 11.6. The van der Waals surface area contributed by atoms with Gasteiger partial charge in [-0.25, -0.2) is 0 Å². The molecule has 0 atom stereocenters. The first-order valence-corrected chi connectivity index (χ1v) is 8.03. The molecule has 2 aromatic rings. The Morgan fingerprint density at radius 3 is 2.81 bits per heavy atom. The Bertz CT molecular complexity index is 685. The van der Waals surface area contributed by atoms with Gasteiger partial charge < -0.3 is 10.4 Å². The lowest BCUT2D eigenvalue weighted by molar-refractivity contribution is 0.0951. The van der Waals surface area contributed by atoms with Crippen LogP contribution in [0.1, 0.15) is 27.2 Å². The van der Waals surface area contributed by atoms with Gasteiger partial charge >= 0.3 is 0 Å². The first kappa shape index (κ1) is 15.8. The van der Waals surface area contributed by atoms with E-state index in [-0.39, 0.29) is 12.5 Å². The molecule has 2 N–H and O–H groups in total. The number of thiophene rings is 1. The second-order valence-corrected chi connectivity index (χ2v) is 6.76. The lowest BCUT2D eigenvalue weighted by Crippen LogP contribution is -2.23. The second-order valence-electron chi connectivity index (χ2n) is 4.21. The van der Waals surface area contributed by atoms with E-state index in [4.69, 9.17) is 5.11 Å². The summed E-state index contributed by atoms with van der Waals surface area (Å²) in [6.07, 6.45) is 0.402. The summed E-state index contributed by atoms with van der Waals surface area (Å²) in [6, 6.07) is 11.1. The fourth-order valence-corrected chi connectivity index (χ4v) is 3.14. The Balaban J connectivity index is 2.07. The summed E-state index contributed by atoms with van der Waals surface area (Å²) in [7, 11) is 0. The normalized spacial score (nSPS) is 9.81. The Kier molecular flexibility index (Phi) is 6.00. The minimum Gasteiger partial charge on any atom is -0.395 e. The van der Waals surface area contributed by atoms with Gasteiger partial charge in [-0.1, -0.05) is 24.0 Å². The highest BCUT2D eigenvalue weighted by molar-refractivity contribution is 9.11. The van der Waals surface area contributed by atoms with Crippen LogP contribution in [-0.4, -0.2) is 17.6 Å². The van der Waals surface area contributed by atoms with Crippen molar-refractivity contribution in [2.24, 2.45) is 0 Å². The Labute approximate surface area is 136 Å². The molecular weight excluding hydrogens is 350 g/mol. The number of carbonyl (C=O) groups excluding carboxylic acids is 1. The fourth-order valence-electron chi connectivity index (χ4n) is 1.71. The molecule has 0 spiro atoms. The third-order valence-corrected chi connectivity index (χ3v) is 4.31. The van der Waals surface area contributed by atoms with Crippen molar-refractivity contribution < 1.29 is 9.90 Å². The van der Waals surface area contributed by atoms with E-state index in [0.29, 0.717) is 24.1 Å². The maximum atomic E-state index is 12.2. The zero-order valence-electron chi connectivity index (χ0n) is 11.2. The molecule has 0 unspecified atom stereocenters. The molecule has 1 aromatic heterocycles. The van der Waals surface area contributed by atoms with Gasteiger partial charge in [-0.15, -0.1) is 11.3 Å². The highest BCUT2D eigenvalue weighted by atomic mass is 79.9. The molecule has 1 aromatic carbocycles. The molecule has 0 saturated carbocycles. The molecule has 1 amide bonds. The van der Waals surface area contributed by atoms with Gasteiger partial charge in [0.2, 0.25) is 0 Å². The molecule has 108 valence electrons. The lowest BCUT2D eigenvalue weighted by atomic mass is 10.1. The van der Waals surface area contributed by atoms with Crippen LogP contribution in [0.2, 0.25) is 0 Å². The van der Waals surface area contributed by atoms with Crippen LogP contribution in [0.5, 0.6) is 0 Å². The molecule has 2 rings (SSSR count). The number of carbonyl (C=O) groups is 1. The predicted molar refractivity (Wildman–Crippen MR) is 88.2 cm³/mol. The van der Waals surface area contributed by atoms with Crippen LogP contribution in [-0.2, 0) is 6.54 Å². The number of aliphatic hydroxyl groups is 1. The molecule has 0 fully saturated rings. The number of nitrogens with one attached hydrogen (secondary N) is 1. The zero-order valence-corrected chi connectivity index (χ0v) is 13.6. The minimum atomic E-state index is -0.145. The van der Waals surface area contributed by atoms with Crippen LogP contribution in [0.25, 0.3) is 0 Å². The summed E-state index contributed by atoms with van der Waals surface area (Å²) < 4.78 is 1.04. The van der Waals surface area contributed by atoms with Crippen molar-refractivity contribution in [3.05, 3.63) is 56.2 Å². The monoisotopic (exact) mass is 363 g/mol. The second kappa shape index (κ2) is 7.99. The van der Waals surface area contributed by atoms with Gasteiger partial charge in [-0.2, -0.15) is 0 Å². The third kappa shape index (κ3) is 4.71. The van der Waals surface area contributed by atoms with Crippen LogP contribution in [0.3, 0.4) is 0 Å². The van der Waals surface area contributed by atoms with Crippen LogP contribution in [0.4, 0.5) is 0 Å². The van der Waals surface area contributed by atoms with Crippen molar-refractivity contribution in [3.63, 3.8) is 0 Å². The van der Waals surface area contributed by atoms with Crippen molar-refractivity contribution in [2.45, 2.75) is 13.0 Å². The number of amides is 1. The zero-order chi connectivity index (χ0) is 15.1. The smallest absolute Gasteiger partial charge is 0.252 e. The summed E-state index contributed by atoms with van der Waals surface area (Å²) in [6.45, 7) is 0.516. The van der Waals surface area contributed by atoms with Gasteiger partial charge in [0.25, 0.3) is 5.91 Å². The molecule has 5 heteroatoms. The molecule has 0 aliphatic heterocycles. The highest BCUT2D eigenvalue weighted by Crippen LogP contribution is 2.21. The minimum absolute atomic E-state index is 0.0224. The van der Waals surface area contributed by atoms with E-state index in [0.717, 1.165) is 8.66 Å². The maximum Gasteiger partial charge on any atom is 0.252 e. The molecular formula is C16H14BrNO2S. The van der Waals surface area contributed by atoms with Crippen molar-refractivity contribution in [1.82, 2.24) is 5.32 Å². The van der Waals surface area contributed by atoms with Gasteiger partial charge in [0.05, 0.1) is 22.5 Å². The molecule has 0 bridgehead atoms. The van der Waals surface area contributed by atoms with Gasteiger partial charge in [-0.3, -0.25) is 4.79 Å². The molecule has 21 heavy (non-hydrogen) atoms. The number of halogens is 1. The summed E-state index contributed by atoms with van der Waals surface area (Å²) >= 11 is 4.99. The number of benzene rings is 1. The first-order chi connectivity index (χ1) is 10.2. The molecule has 0 aliphatic carbocycles. The van der Waals surface area contributed by atoms with E-state index < -0.39 is 0 Å². The first-order valence-electron chi connectivity index (χ1n) is 6.42. The molecule has 0 saturated heterocycles. The van der Waals surface area contributed by atoms with Crippen LogP contribution in [0, 0.1) is 11.8 Å².